The Hall–Kier alpha value is -1.38. The monoisotopic (exact) mass is 203 g/mol. The molecule has 0 spiro atoms. The van der Waals surface area contributed by atoms with Gasteiger partial charge in [0.1, 0.15) is 0 Å². The third-order valence-electron chi connectivity index (χ3n) is 2.09. The molecule has 1 aromatic carbocycles. The van der Waals surface area contributed by atoms with Gasteiger partial charge in [-0.2, -0.15) is 0 Å². The number of aliphatic hydroxyl groups excluding tert-OH is 1. The zero-order chi connectivity index (χ0) is 10.9. The average Bonchev–Trinajstić information content (AvgIpc) is 2.31. The first-order chi connectivity index (χ1) is 7.36. The standard InChI is InChI=1S/C13H17NO/c1-2-13(9-6-10-15)14-11-12-7-4-3-5-8-12/h2-9,13-15H,1,10-11H2/b9-6-. The van der Waals surface area contributed by atoms with Crippen molar-refractivity contribution in [1.29, 1.82) is 0 Å². The van der Waals surface area contributed by atoms with Crippen molar-refractivity contribution < 1.29 is 5.11 Å². The van der Waals surface area contributed by atoms with Crippen molar-refractivity contribution in [2.24, 2.45) is 0 Å². The van der Waals surface area contributed by atoms with E-state index < -0.39 is 0 Å². The molecule has 0 aromatic heterocycles. The average molecular weight is 203 g/mol. The Morgan fingerprint density at radius 2 is 2.07 bits per heavy atom. The van der Waals surface area contributed by atoms with Crippen LogP contribution in [0.4, 0.5) is 0 Å². The molecule has 0 fully saturated rings. The lowest BCUT2D eigenvalue weighted by molar-refractivity contribution is 0.342. The first kappa shape index (κ1) is 11.7. The lowest BCUT2D eigenvalue weighted by atomic mass is 10.2. The van der Waals surface area contributed by atoms with E-state index in [-0.39, 0.29) is 12.6 Å². The predicted octanol–water partition coefficient (Wildman–Crippen LogP) is 1.88. The Kier molecular flexibility index (Phi) is 5.44. The highest BCUT2D eigenvalue weighted by molar-refractivity contribution is 5.15. The van der Waals surface area contributed by atoms with Gasteiger partial charge in [-0.25, -0.2) is 0 Å². The summed E-state index contributed by atoms with van der Waals surface area (Å²) in [6, 6.07) is 10.3. The van der Waals surface area contributed by atoms with E-state index >= 15 is 0 Å². The summed E-state index contributed by atoms with van der Waals surface area (Å²) in [5, 5.41) is 12.0. The normalized spacial score (nSPS) is 12.9. The summed E-state index contributed by atoms with van der Waals surface area (Å²) >= 11 is 0. The molecule has 0 aliphatic rings. The highest BCUT2D eigenvalue weighted by Gasteiger charge is 1.97. The molecule has 80 valence electrons. The highest BCUT2D eigenvalue weighted by Crippen LogP contribution is 1.99. The van der Waals surface area contributed by atoms with Gasteiger partial charge < -0.3 is 10.4 Å². The maximum absolute atomic E-state index is 8.65. The van der Waals surface area contributed by atoms with Crippen LogP contribution in [-0.4, -0.2) is 17.8 Å². The molecule has 0 bridgehead atoms. The molecule has 2 heteroatoms. The van der Waals surface area contributed by atoms with Gasteiger partial charge in [0.05, 0.1) is 6.61 Å². The minimum absolute atomic E-state index is 0.0668. The summed E-state index contributed by atoms with van der Waals surface area (Å²) in [7, 11) is 0. The molecular formula is C13H17NO. The quantitative estimate of drug-likeness (QED) is 0.692. The first-order valence-corrected chi connectivity index (χ1v) is 5.04. The van der Waals surface area contributed by atoms with Crippen molar-refractivity contribution in [3.05, 3.63) is 60.7 Å². The molecule has 0 amide bonds. The van der Waals surface area contributed by atoms with Crippen LogP contribution in [0.15, 0.2) is 55.1 Å². The van der Waals surface area contributed by atoms with Crippen LogP contribution in [0.3, 0.4) is 0 Å². The summed E-state index contributed by atoms with van der Waals surface area (Å²) in [5.41, 5.74) is 1.24. The molecule has 0 aliphatic heterocycles. The van der Waals surface area contributed by atoms with Crippen molar-refractivity contribution in [1.82, 2.24) is 5.32 Å². The third-order valence-corrected chi connectivity index (χ3v) is 2.09. The highest BCUT2D eigenvalue weighted by atomic mass is 16.2. The molecule has 0 heterocycles. The van der Waals surface area contributed by atoms with E-state index in [1.165, 1.54) is 5.56 Å². The van der Waals surface area contributed by atoms with Crippen LogP contribution in [0.1, 0.15) is 5.56 Å². The Balaban J connectivity index is 2.41. The van der Waals surface area contributed by atoms with Gasteiger partial charge in [-0.15, -0.1) is 6.58 Å². The van der Waals surface area contributed by atoms with Crippen molar-refractivity contribution in [2.75, 3.05) is 6.61 Å². The molecule has 0 radical (unpaired) electrons. The van der Waals surface area contributed by atoms with Gasteiger partial charge in [0.2, 0.25) is 0 Å². The second kappa shape index (κ2) is 6.98. The van der Waals surface area contributed by atoms with Crippen molar-refractivity contribution in [3.63, 3.8) is 0 Å². The Bertz CT molecular complexity index is 306. The number of hydrogen-bond acceptors (Lipinski definition) is 2. The number of benzene rings is 1. The minimum Gasteiger partial charge on any atom is -0.392 e. The van der Waals surface area contributed by atoms with Crippen LogP contribution >= 0.6 is 0 Å². The fourth-order valence-electron chi connectivity index (χ4n) is 1.27. The molecule has 2 nitrogen and oxygen atoms in total. The van der Waals surface area contributed by atoms with Crippen LogP contribution in [-0.2, 0) is 6.54 Å². The fourth-order valence-corrected chi connectivity index (χ4v) is 1.27. The number of rotatable bonds is 6. The number of nitrogens with one attached hydrogen (secondary N) is 1. The van der Waals surface area contributed by atoms with E-state index in [0.717, 1.165) is 6.54 Å². The van der Waals surface area contributed by atoms with Crippen molar-refractivity contribution in [3.8, 4) is 0 Å². The SMILES string of the molecule is C=CC(/C=C\CO)NCc1ccccc1. The van der Waals surface area contributed by atoms with Gasteiger partial charge >= 0.3 is 0 Å². The fraction of sp³-hybridized carbons (Fsp3) is 0.231. The molecule has 1 aromatic rings. The minimum atomic E-state index is 0.0668. The van der Waals surface area contributed by atoms with E-state index in [0.29, 0.717) is 0 Å². The van der Waals surface area contributed by atoms with Crippen LogP contribution in [0.2, 0.25) is 0 Å². The van der Waals surface area contributed by atoms with Gasteiger partial charge in [0.15, 0.2) is 0 Å². The van der Waals surface area contributed by atoms with Gasteiger partial charge in [0.25, 0.3) is 0 Å². The Morgan fingerprint density at radius 1 is 1.33 bits per heavy atom. The van der Waals surface area contributed by atoms with E-state index in [2.05, 4.69) is 24.0 Å². The van der Waals surface area contributed by atoms with E-state index in [4.69, 9.17) is 5.11 Å². The summed E-state index contributed by atoms with van der Waals surface area (Å²) in [6.07, 6.45) is 5.43. The topological polar surface area (TPSA) is 32.3 Å². The first-order valence-electron chi connectivity index (χ1n) is 5.04. The predicted molar refractivity (Wildman–Crippen MR) is 63.5 cm³/mol. The molecule has 15 heavy (non-hydrogen) atoms. The lowest BCUT2D eigenvalue weighted by Crippen LogP contribution is -2.24. The van der Waals surface area contributed by atoms with Crippen LogP contribution in [0.25, 0.3) is 0 Å². The second-order valence-electron chi connectivity index (χ2n) is 3.24. The molecule has 0 saturated heterocycles. The largest absolute Gasteiger partial charge is 0.392 e. The maximum Gasteiger partial charge on any atom is 0.0613 e. The van der Waals surface area contributed by atoms with Gasteiger partial charge in [-0.05, 0) is 5.56 Å². The molecule has 1 rings (SSSR count). The maximum atomic E-state index is 8.65. The van der Waals surface area contributed by atoms with Crippen molar-refractivity contribution in [2.45, 2.75) is 12.6 Å². The summed E-state index contributed by atoms with van der Waals surface area (Å²) in [4.78, 5) is 0. The smallest absolute Gasteiger partial charge is 0.0613 e. The van der Waals surface area contributed by atoms with Gasteiger partial charge in [0, 0.05) is 12.6 Å². The second-order valence-corrected chi connectivity index (χ2v) is 3.24. The molecular weight excluding hydrogens is 186 g/mol. The summed E-state index contributed by atoms with van der Waals surface area (Å²) in [5.74, 6) is 0. The number of hydrogen-bond donors (Lipinski definition) is 2. The zero-order valence-corrected chi connectivity index (χ0v) is 8.76. The van der Waals surface area contributed by atoms with Gasteiger partial charge in [-0.1, -0.05) is 48.6 Å². The molecule has 0 saturated carbocycles. The Morgan fingerprint density at radius 3 is 2.67 bits per heavy atom. The van der Waals surface area contributed by atoms with Gasteiger partial charge in [-0.3, -0.25) is 0 Å². The zero-order valence-electron chi connectivity index (χ0n) is 8.76. The molecule has 1 unspecified atom stereocenters. The van der Waals surface area contributed by atoms with Crippen molar-refractivity contribution >= 4 is 0 Å². The molecule has 2 N–H and O–H groups in total. The van der Waals surface area contributed by atoms with E-state index in [1.807, 2.05) is 30.4 Å². The van der Waals surface area contributed by atoms with Crippen LogP contribution in [0, 0.1) is 0 Å². The summed E-state index contributed by atoms with van der Waals surface area (Å²) in [6.45, 7) is 4.60. The molecule has 1 atom stereocenters. The third kappa shape index (κ3) is 4.58. The lowest BCUT2D eigenvalue weighted by Gasteiger charge is -2.10. The van der Waals surface area contributed by atoms with Crippen LogP contribution < -0.4 is 5.32 Å². The number of aliphatic hydroxyl groups is 1. The van der Waals surface area contributed by atoms with Crippen LogP contribution in [0.5, 0.6) is 0 Å². The Labute approximate surface area is 91.0 Å². The van der Waals surface area contributed by atoms with E-state index in [1.54, 1.807) is 6.08 Å². The van der Waals surface area contributed by atoms with E-state index in [9.17, 15) is 0 Å². The summed E-state index contributed by atoms with van der Waals surface area (Å²) < 4.78 is 0. The molecule has 0 aliphatic carbocycles.